The van der Waals surface area contributed by atoms with Crippen molar-refractivity contribution in [2.24, 2.45) is 0 Å². The van der Waals surface area contributed by atoms with Gasteiger partial charge in [0.2, 0.25) is 0 Å². The number of anilines is 1. The Kier molecular flexibility index (Phi) is 5.67. The van der Waals surface area contributed by atoms with Crippen molar-refractivity contribution in [1.82, 2.24) is 0 Å². The lowest BCUT2D eigenvalue weighted by molar-refractivity contribution is 0.412. The maximum Gasteiger partial charge on any atom is 0.135 e. The van der Waals surface area contributed by atoms with E-state index in [0.717, 1.165) is 21.5 Å². The Morgan fingerprint density at radius 1 is 1.10 bits per heavy atom. The van der Waals surface area contributed by atoms with E-state index in [9.17, 15) is 0 Å². The van der Waals surface area contributed by atoms with Crippen LogP contribution in [-0.4, -0.2) is 7.11 Å². The molecule has 0 radical (unpaired) electrons. The number of ether oxygens (including phenoxy) is 1. The largest absolute Gasteiger partial charge is 0.495 e. The molecule has 0 saturated heterocycles. The van der Waals surface area contributed by atoms with Crippen molar-refractivity contribution in [2.75, 3.05) is 12.4 Å². The second-order valence-electron chi connectivity index (χ2n) is 4.48. The molecule has 6 heteroatoms. The van der Waals surface area contributed by atoms with Gasteiger partial charge in [-0.15, -0.1) is 0 Å². The highest BCUT2D eigenvalue weighted by Gasteiger charge is 2.14. The zero-order valence-electron chi connectivity index (χ0n) is 11.4. The van der Waals surface area contributed by atoms with E-state index < -0.39 is 0 Å². The van der Waals surface area contributed by atoms with Crippen LogP contribution in [0.5, 0.6) is 5.75 Å². The Hall–Kier alpha value is -0.610. The number of rotatable bonds is 4. The summed E-state index contributed by atoms with van der Waals surface area (Å²) in [4.78, 5) is 0. The van der Waals surface area contributed by atoms with E-state index in [-0.39, 0.29) is 6.04 Å². The molecule has 0 aliphatic rings. The van der Waals surface area contributed by atoms with E-state index in [2.05, 4.69) is 21.2 Å². The molecule has 0 fully saturated rings. The van der Waals surface area contributed by atoms with Gasteiger partial charge in [-0.2, -0.15) is 0 Å². The van der Waals surface area contributed by atoms with E-state index >= 15 is 0 Å². The van der Waals surface area contributed by atoms with E-state index in [1.807, 2.05) is 31.2 Å². The summed E-state index contributed by atoms with van der Waals surface area (Å²) in [7, 11) is 1.63. The average Bonchev–Trinajstić information content (AvgIpc) is 2.46. The van der Waals surface area contributed by atoms with Crippen LogP contribution in [-0.2, 0) is 0 Å². The average molecular weight is 410 g/mol. The number of hydrogen-bond donors (Lipinski definition) is 1. The van der Waals surface area contributed by atoms with Crippen LogP contribution in [0.2, 0.25) is 15.1 Å². The topological polar surface area (TPSA) is 21.3 Å². The highest BCUT2D eigenvalue weighted by Crippen LogP contribution is 2.37. The van der Waals surface area contributed by atoms with Crippen LogP contribution in [0.4, 0.5) is 5.69 Å². The van der Waals surface area contributed by atoms with Gasteiger partial charge in [-0.1, -0.05) is 40.9 Å². The first-order chi connectivity index (χ1) is 9.93. The second-order valence-corrected chi connectivity index (χ2v) is 6.50. The minimum Gasteiger partial charge on any atom is -0.495 e. The van der Waals surface area contributed by atoms with Gasteiger partial charge >= 0.3 is 0 Å². The van der Waals surface area contributed by atoms with Crippen molar-refractivity contribution in [3.8, 4) is 5.75 Å². The molecule has 0 heterocycles. The fraction of sp³-hybridized carbons (Fsp3) is 0.200. The molecule has 0 saturated carbocycles. The summed E-state index contributed by atoms with van der Waals surface area (Å²) < 4.78 is 6.18. The molecule has 0 amide bonds. The second kappa shape index (κ2) is 7.10. The van der Waals surface area contributed by atoms with Crippen molar-refractivity contribution in [2.45, 2.75) is 13.0 Å². The number of nitrogens with one attached hydrogen (secondary N) is 1. The van der Waals surface area contributed by atoms with Crippen LogP contribution in [0.15, 0.2) is 34.8 Å². The third-order valence-electron chi connectivity index (χ3n) is 3.07. The van der Waals surface area contributed by atoms with E-state index in [4.69, 9.17) is 39.5 Å². The van der Waals surface area contributed by atoms with Gasteiger partial charge in [0.05, 0.1) is 32.7 Å². The van der Waals surface area contributed by atoms with Crippen molar-refractivity contribution < 1.29 is 4.74 Å². The summed E-state index contributed by atoms with van der Waals surface area (Å²) in [5.41, 5.74) is 1.80. The van der Waals surface area contributed by atoms with Gasteiger partial charge in [-0.3, -0.25) is 0 Å². The van der Waals surface area contributed by atoms with Gasteiger partial charge in [0.15, 0.2) is 0 Å². The van der Waals surface area contributed by atoms with Gasteiger partial charge in [0.1, 0.15) is 5.75 Å². The first kappa shape index (κ1) is 16.8. The lowest BCUT2D eigenvalue weighted by Gasteiger charge is -2.18. The van der Waals surface area contributed by atoms with Crippen molar-refractivity contribution in [1.29, 1.82) is 0 Å². The van der Waals surface area contributed by atoms with Gasteiger partial charge < -0.3 is 10.1 Å². The Bertz CT molecular complexity index is 664. The fourth-order valence-corrected chi connectivity index (χ4v) is 3.07. The van der Waals surface area contributed by atoms with Crippen LogP contribution < -0.4 is 10.1 Å². The first-order valence-electron chi connectivity index (χ1n) is 6.17. The smallest absolute Gasteiger partial charge is 0.135 e. The van der Waals surface area contributed by atoms with Gasteiger partial charge in [-0.25, -0.2) is 0 Å². The SMILES string of the molecule is COc1cc(NC(C)c2ccc(Cl)c(Cl)c2Cl)ccc1Br. The standard InChI is InChI=1S/C15H13BrCl3NO/c1-8(10-4-6-12(17)15(19)14(10)18)20-9-3-5-11(16)13(7-9)21-2/h3-8,20H,1-2H3. The first-order valence-corrected chi connectivity index (χ1v) is 8.10. The lowest BCUT2D eigenvalue weighted by Crippen LogP contribution is -2.07. The quantitative estimate of drug-likeness (QED) is 0.575. The molecule has 0 spiro atoms. The van der Waals surface area contributed by atoms with E-state index in [0.29, 0.717) is 15.1 Å². The number of hydrogen-bond acceptors (Lipinski definition) is 2. The van der Waals surface area contributed by atoms with Gasteiger partial charge in [0.25, 0.3) is 0 Å². The Balaban J connectivity index is 2.26. The van der Waals surface area contributed by atoms with Crippen molar-refractivity contribution >= 4 is 56.4 Å². The molecular weight excluding hydrogens is 396 g/mol. The molecule has 1 N–H and O–H groups in total. The molecule has 1 unspecified atom stereocenters. The molecule has 0 aromatic heterocycles. The predicted molar refractivity (Wildman–Crippen MR) is 94.2 cm³/mol. The van der Waals surface area contributed by atoms with Crippen LogP contribution in [0.1, 0.15) is 18.5 Å². The Morgan fingerprint density at radius 2 is 1.81 bits per heavy atom. The lowest BCUT2D eigenvalue weighted by atomic mass is 10.1. The summed E-state index contributed by atoms with van der Waals surface area (Å²) in [6.07, 6.45) is 0. The van der Waals surface area contributed by atoms with E-state index in [1.165, 1.54) is 0 Å². The third kappa shape index (κ3) is 3.78. The normalized spacial score (nSPS) is 12.1. The van der Waals surface area contributed by atoms with Crippen LogP contribution >= 0.6 is 50.7 Å². The van der Waals surface area contributed by atoms with Crippen LogP contribution in [0.3, 0.4) is 0 Å². The third-order valence-corrected chi connectivity index (χ3v) is 5.03. The molecule has 21 heavy (non-hydrogen) atoms. The molecular formula is C15H13BrCl3NO. The Labute approximate surface area is 147 Å². The molecule has 2 nitrogen and oxygen atoms in total. The number of halogens is 4. The minimum absolute atomic E-state index is 0.0295. The number of methoxy groups -OCH3 is 1. The van der Waals surface area contributed by atoms with E-state index in [1.54, 1.807) is 13.2 Å². The van der Waals surface area contributed by atoms with Crippen molar-refractivity contribution in [3.05, 3.63) is 55.4 Å². The predicted octanol–water partition coefficient (Wildman–Crippen LogP) is 6.59. The summed E-state index contributed by atoms with van der Waals surface area (Å²) in [6, 6.07) is 9.36. The molecule has 2 aromatic carbocycles. The molecule has 0 aliphatic heterocycles. The molecule has 0 bridgehead atoms. The van der Waals surface area contributed by atoms with Gasteiger partial charge in [-0.05, 0) is 46.6 Å². The summed E-state index contributed by atoms with van der Waals surface area (Å²) >= 11 is 21.7. The zero-order chi connectivity index (χ0) is 15.6. The number of benzene rings is 2. The summed E-state index contributed by atoms with van der Waals surface area (Å²) in [5.74, 6) is 0.757. The molecule has 2 rings (SSSR count). The summed E-state index contributed by atoms with van der Waals surface area (Å²) in [5, 5.41) is 4.65. The Morgan fingerprint density at radius 3 is 2.48 bits per heavy atom. The molecule has 0 aliphatic carbocycles. The van der Waals surface area contributed by atoms with Crippen LogP contribution in [0.25, 0.3) is 0 Å². The fourth-order valence-electron chi connectivity index (χ4n) is 1.95. The molecule has 2 aromatic rings. The molecule has 112 valence electrons. The summed E-state index contributed by atoms with van der Waals surface area (Å²) in [6.45, 7) is 2.00. The van der Waals surface area contributed by atoms with Gasteiger partial charge in [0, 0.05) is 11.8 Å². The monoisotopic (exact) mass is 407 g/mol. The zero-order valence-corrected chi connectivity index (χ0v) is 15.2. The molecule has 1 atom stereocenters. The maximum atomic E-state index is 6.25. The highest BCUT2D eigenvalue weighted by atomic mass is 79.9. The minimum atomic E-state index is -0.0295. The van der Waals surface area contributed by atoms with Crippen molar-refractivity contribution in [3.63, 3.8) is 0 Å². The maximum absolute atomic E-state index is 6.25. The highest BCUT2D eigenvalue weighted by molar-refractivity contribution is 9.10. The van der Waals surface area contributed by atoms with Crippen LogP contribution in [0, 0.1) is 0 Å².